The quantitative estimate of drug-likeness (QED) is 0.168. The van der Waals surface area contributed by atoms with Gasteiger partial charge in [-0.25, -0.2) is 0 Å². The summed E-state index contributed by atoms with van der Waals surface area (Å²) in [4.78, 5) is 0. The molecule has 0 amide bonds. The predicted octanol–water partition coefficient (Wildman–Crippen LogP) is 15.9. The van der Waals surface area contributed by atoms with Gasteiger partial charge in [0, 0.05) is 58.4 Å². The van der Waals surface area contributed by atoms with Crippen molar-refractivity contribution in [3.8, 4) is 44.8 Å². The Morgan fingerprint density at radius 3 is 1.88 bits per heavy atom. The number of benzene rings is 9. The van der Waals surface area contributed by atoms with Crippen LogP contribution in [0, 0.1) is 0 Å². The zero-order valence-corrected chi connectivity index (χ0v) is 34.1. The minimum atomic E-state index is -0.125. The summed E-state index contributed by atoms with van der Waals surface area (Å²) in [7, 11) is 0. The molecule has 3 aromatic heterocycles. The van der Waals surface area contributed by atoms with E-state index in [9.17, 15) is 0 Å². The summed E-state index contributed by atoms with van der Waals surface area (Å²) in [6.45, 7) is 4.77. The maximum atomic E-state index is 2.56. The number of aromatic nitrogens is 2. The molecule has 0 saturated carbocycles. The molecule has 1 aliphatic carbocycles. The van der Waals surface area contributed by atoms with E-state index in [1.807, 2.05) is 11.3 Å². The van der Waals surface area contributed by atoms with E-state index >= 15 is 0 Å². The normalized spacial score (nSPS) is 13.3. The summed E-state index contributed by atoms with van der Waals surface area (Å²) in [5.41, 5.74) is 17.4. The molecule has 282 valence electrons. The third-order valence-corrected chi connectivity index (χ3v) is 14.5. The summed E-state index contributed by atoms with van der Waals surface area (Å²) < 4.78 is 7.61. The van der Waals surface area contributed by atoms with Crippen LogP contribution < -0.4 is 0 Å². The van der Waals surface area contributed by atoms with Gasteiger partial charge in [-0.05, 0) is 106 Å². The molecule has 0 unspecified atom stereocenters. The summed E-state index contributed by atoms with van der Waals surface area (Å²) in [6, 6.07) is 72.5. The maximum absolute atomic E-state index is 2.56. The van der Waals surface area contributed by atoms with E-state index in [2.05, 4.69) is 217 Å². The Balaban J connectivity index is 1.13. The van der Waals surface area contributed by atoms with Crippen molar-refractivity contribution in [2.24, 2.45) is 0 Å². The van der Waals surface area contributed by atoms with Gasteiger partial charge in [-0.1, -0.05) is 141 Å². The lowest BCUT2D eigenvalue weighted by Gasteiger charge is -2.22. The average Bonchev–Trinajstić information content (AvgIpc) is 4.01. The summed E-state index contributed by atoms with van der Waals surface area (Å²) in [5.74, 6) is 0. The fourth-order valence-corrected chi connectivity index (χ4v) is 11.6. The van der Waals surface area contributed by atoms with Crippen LogP contribution in [0.2, 0.25) is 0 Å². The molecule has 3 heterocycles. The highest BCUT2D eigenvalue weighted by Gasteiger charge is 2.36. The van der Waals surface area contributed by atoms with Crippen molar-refractivity contribution < 1.29 is 0 Å². The zero-order valence-electron chi connectivity index (χ0n) is 33.3. The van der Waals surface area contributed by atoms with E-state index in [0.717, 1.165) is 5.69 Å². The number of hydrogen-bond acceptors (Lipinski definition) is 1. The molecule has 13 rings (SSSR count). The molecular formula is C57H38N2S. The van der Waals surface area contributed by atoms with Gasteiger partial charge in [0.2, 0.25) is 0 Å². The Hall–Kier alpha value is -7.20. The summed E-state index contributed by atoms with van der Waals surface area (Å²) in [5, 5.41) is 7.68. The van der Waals surface area contributed by atoms with Gasteiger partial charge >= 0.3 is 0 Å². The standard InChI is InChI=1S/C57H38N2S/c1-57(2)47-22-10-6-17-40(47)44-33-45-41-18-7-11-23-49(41)59(53(45)34-48(44)57)52-32-36(27-29-38(52)35-28-30-55-46(31-35)42-19-9-13-26-54(42)60-55)39-21-14-25-51-56(39)43-20-8-12-24-50(43)58(51)37-15-4-3-5-16-37/h3-34H,1-2H3. The monoisotopic (exact) mass is 782 g/mol. The molecule has 0 saturated heterocycles. The first-order chi connectivity index (χ1) is 29.5. The van der Waals surface area contributed by atoms with Gasteiger partial charge in [0.1, 0.15) is 0 Å². The van der Waals surface area contributed by atoms with Gasteiger partial charge in [-0.3, -0.25) is 0 Å². The van der Waals surface area contributed by atoms with Crippen LogP contribution in [0.3, 0.4) is 0 Å². The number of hydrogen-bond donors (Lipinski definition) is 0. The number of fused-ring (bicyclic) bond motifs is 12. The second kappa shape index (κ2) is 12.4. The maximum Gasteiger partial charge on any atom is 0.0547 e. The Morgan fingerprint density at radius 1 is 0.367 bits per heavy atom. The average molecular weight is 783 g/mol. The molecule has 3 heteroatoms. The van der Waals surface area contributed by atoms with Crippen molar-refractivity contribution in [2.45, 2.75) is 19.3 Å². The first kappa shape index (κ1) is 33.7. The van der Waals surface area contributed by atoms with Crippen LogP contribution in [0.15, 0.2) is 194 Å². The van der Waals surface area contributed by atoms with Gasteiger partial charge in [0.15, 0.2) is 0 Å². The molecule has 0 bridgehead atoms. The third kappa shape index (κ3) is 4.64. The number of rotatable bonds is 4. The first-order valence-electron chi connectivity index (χ1n) is 20.8. The molecule has 0 radical (unpaired) electrons. The molecule has 12 aromatic rings. The van der Waals surface area contributed by atoms with Crippen LogP contribution in [0.25, 0.3) is 109 Å². The van der Waals surface area contributed by atoms with Crippen molar-refractivity contribution in [3.63, 3.8) is 0 Å². The molecule has 60 heavy (non-hydrogen) atoms. The number of nitrogens with zero attached hydrogens (tertiary/aromatic N) is 2. The van der Waals surface area contributed by atoms with E-state index in [1.165, 1.54) is 114 Å². The third-order valence-electron chi connectivity index (χ3n) is 13.3. The minimum Gasteiger partial charge on any atom is -0.309 e. The van der Waals surface area contributed by atoms with E-state index in [-0.39, 0.29) is 5.41 Å². The summed E-state index contributed by atoms with van der Waals surface area (Å²) in [6.07, 6.45) is 0. The van der Waals surface area contributed by atoms with Gasteiger partial charge in [-0.2, -0.15) is 0 Å². The number of thiophene rings is 1. The van der Waals surface area contributed by atoms with Crippen LogP contribution in [-0.2, 0) is 5.41 Å². The van der Waals surface area contributed by atoms with Gasteiger partial charge in [0.25, 0.3) is 0 Å². The van der Waals surface area contributed by atoms with Crippen LogP contribution in [0.5, 0.6) is 0 Å². The largest absolute Gasteiger partial charge is 0.309 e. The topological polar surface area (TPSA) is 9.86 Å². The van der Waals surface area contributed by atoms with Gasteiger partial charge in [0.05, 0.1) is 27.8 Å². The highest BCUT2D eigenvalue weighted by atomic mass is 32.1. The van der Waals surface area contributed by atoms with Crippen molar-refractivity contribution in [3.05, 3.63) is 205 Å². The van der Waals surface area contributed by atoms with Crippen molar-refractivity contribution in [1.82, 2.24) is 9.13 Å². The molecule has 0 N–H and O–H groups in total. The second-order valence-corrected chi connectivity index (χ2v) is 18.0. The molecule has 0 fully saturated rings. The van der Waals surface area contributed by atoms with Gasteiger partial charge in [-0.15, -0.1) is 11.3 Å². The number of para-hydroxylation sites is 3. The predicted molar refractivity (Wildman–Crippen MR) is 256 cm³/mol. The fourth-order valence-electron chi connectivity index (χ4n) is 10.6. The Bertz CT molecular complexity index is 3740. The molecule has 0 atom stereocenters. The first-order valence-corrected chi connectivity index (χ1v) is 21.7. The Kier molecular flexibility index (Phi) is 6.98. The van der Waals surface area contributed by atoms with E-state index < -0.39 is 0 Å². The Labute approximate surface area is 351 Å². The van der Waals surface area contributed by atoms with Crippen LogP contribution in [-0.4, -0.2) is 9.13 Å². The van der Waals surface area contributed by atoms with Crippen LogP contribution in [0.1, 0.15) is 25.0 Å². The lowest BCUT2D eigenvalue weighted by atomic mass is 9.82. The SMILES string of the molecule is CC1(C)c2ccccc2-c2cc3c4ccccc4n(-c4cc(-c5cccc6c5c5ccccc5n6-c5ccccc5)ccc4-c4ccc5sc6ccccc6c5c4)c3cc21. The van der Waals surface area contributed by atoms with Crippen molar-refractivity contribution in [1.29, 1.82) is 0 Å². The lowest BCUT2D eigenvalue weighted by Crippen LogP contribution is -2.15. The van der Waals surface area contributed by atoms with E-state index in [0.29, 0.717) is 0 Å². The van der Waals surface area contributed by atoms with E-state index in [4.69, 9.17) is 0 Å². The van der Waals surface area contributed by atoms with Gasteiger partial charge < -0.3 is 9.13 Å². The van der Waals surface area contributed by atoms with E-state index in [1.54, 1.807) is 0 Å². The molecule has 0 spiro atoms. The molecular weight excluding hydrogens is 745 g/mol. The van der Waals surface area contributed by atoms with Crippen molar-refractivity contribution >= 4 is 75.1 Å². The van der Waals surface area contributed by atoms with Crippen molar-refractivity contribution in [2.75, 3.05) is 0 Å². The highest BCUT2D eigenvalue weighted by molar-refractivity contribution is 7.25. The molecule has 0 aliphatic heterocycles. The summed E-state index contributed by atoms with van der Waals surface area (Å²) >= 11 is 1.87. The molecule has 1 aliphatic rings. The highest BCUT2D eigenvalue weighted by Crippen LogP contribution is 2.52. The fraction of sp³-hybridized carbons (Fsp3) is 0.0526. The minimum absolute atomic E-state index is 0.125. The Morgan fingerprint density at radius 2 is 1.02 bits per heavy atom. The zero-order chi connectivity index (χ0) is 39.7. The molecule has 2 nitrogen and oxygen atoms in total. The van der Waals surface area contributed by atoms with Crippen LogP contribution in [0.4, 0.5) is 0 Å². The second-order valence-electron chi connectivity index (χ2n) is 16.9. The smallest absolute Gasteiger partial charge is 0.0547 e. The molecule has 9 aromatic carbocycles. The lowest BCUT2D eigenvalue weighted by molar-refractivity contribution is 0.661. The van der Waals surface area contributed by atoms with Crippen LogP contribution >= 0.6 is 11.3 Å².